The highest BCUT2D eigenvalue weighted by molar-refractivity contribution is 5.94. The molecule has 0 unspecified atom stereocenters. The standard InChI is InChI=1S/C23H23N3O/c1-17-7-5-10-19(13-17)21-14-24-15-22(25-21)20-11-6-12-26(16-20)23(27)18-8-3-2-4-9-18/h2-5,7-10,13-15,20H,6,11-12,16H2,1H3/t20-/m0/s1. The number of likely N-dealkylation sites (tertiary alicyclic amines) is 1. The van der Waals surface area contributed by atoms with Gasteiger partial charge in [-0.1, -0.05) is 42.0 Å². The Labute approximate surface area is 159 Å². The van der Waals surface area contributed by atoms with E-state index in [4.69, 9.17) is 4.98 Å². The summed E-state index contributed by atoms with van der Waals surface area (Å²) in [7, 11) is 0. The molecule has 1 aromatic heterocycles. The van der Waals surface area contributed by atoms with Crippen LogP contribution in [0.5, 0.6) is 0 Å². The smallest absolute Gasteiger partial charge is 0.253 e. The molecule has 0 radical (unpaired) electrons. The minimum atomic E-state index is 0.100. The van der Waals surface area contributed by atoms with Gasteiger partial charge in [-0.05, 0) is 38.0 Å². The molecule has 1 aliphatic heterocycles. The van der Waals surface area contributed by atoms with Crippen molar-refractivity contribution in [3.05, 3.63) is 83.8 Å². The van der Waals surface area contributed by atoms with Crippen LogP contribution in [0.1, 0.15) is 40.4 Å². The fourth-order valence-electron chi connectivity index (χ4n) is 3.69. The molecule has 3 aromatic rings. The molecule has 4 nitrogen and oxygen atoms in total. The monoisotopic (exact) mass is 357 g/mol. The lowest BCUT2D eigenvalue weighted by atomic mass is 9.94. The minimum absolute atomic E-state index is 0.100. The van der Waals surface area contributed by atoms with Gasteiger partial charge in [-0.2, -0.15) is 0 Å². The summed E-state index contributed by atoms with van der Waals surface area (Å²) in [6.07, 6.45) is 5.68. The van der Waals surface area contributed by atoms with Crippen molar-refractivity contribution in [3.63, 3.8) is 0 Å². The number of benzene rings is 2. The molecule has 1 aliphatic rings. The Balaban J connectivity index is 1.55. The Morgan fingerprint density at radius 3 is 2.74 bits per heavy atom. The van der Waals surface area contributed by atoms with Crippen molar-refractivity contribution in [2.75, 3.05) is 13.1 Å². The van der Waals surface area contributed by atoms with E-state index in [-0.39, 0.29) is 11.8 Å². The summed E-state index contributed by atoms with van der Waals surface area (Å²) >= 11 is 0. The lowest BCUT2D eigenvalue weighted by molar-refractivity contribution is 0.0706. The highest BCUT2D eigenvalue weighted by Gasteiger charge is 2.26. The molecular formula is C23H23N3O. The van der Waals surface area contributed by atoms with Crippen LogP contribution >= 0.6 is 0 Å². The molecule has 136 valence electrons. The zero-order valence-corrected chi connectivity index (χ0v) is 15.5. The van der Waals surface area contributed by atoms with Gasteiger partial charge in [-0.15, -0.1) is 0 Å². The molecule has 1 atom stereocenters. The van der Waals surface area contributed by atoms with Gasteiger partial charge in [0.25, 0.3) is 5.91 Å². The first-order valence-electron chi connectivity index (χ1n) is 9.44. The van der Waals surface area contributed by atoms with E-state index in [2.05, 4.69) is 30.1 Å². The van der Waals surface area contributed by atoms with Crippen LogP contribution in [0.4, 0.5) is 0 Å². The van der Waals surface area contributed by atoms with Crippen molar-refractivity contribution in [1.29, 1.82) is 0 Å². The average Bonchev–Trinajstić information content (AvgIpc) is 2.74. The molecular weight excluding hydrogens is 334 g/mol. The van der Waals surface area contributed by atoms with Gasteiger partial charge in [-0.25, -0.2) is 4.98 Å². The second-order valence-corrected chi connectivity index (χ2v) is 7.16. The van der Waals surface area contributed by atoms with Crippen molar-refractivity contribution < 1.29 is 4.79 Å². The summed E-state index contributed by atoms with van der Waals surface area (Å²) < 4.78 is 0. The van der Waals surface area contributed by atoms with Crippen LogP contribution in [0.15, 0.2) is 67.0 Å². The van der Waals surface area contributed by atoms with Crippen LogP contribution in [0.2, 0.25) is 0 Å². The molecule has 4 rings (SSSR count). The number of aryl methyl sites for hydroxylation is 1. The predicted octanol–water partition coefficient (Wildman–Crippen LogP) is 4.47. The lowest BCUT2D eigenvalue weighted by Crippen LogP contribution is -2.39. The lowest BCUT2D eigenvalue weighted by Gasteiger charge is -2.32. The molecule has 1 amide bonds. The SMILES string of the molecule is Cc1cccc(-c2cncc([C@H]3CCCN(C(=O)c4ccccc4)C3)n2)c1. The fraction of sp³-hybridized carbons (Fsp3) is 0.261. The number of piperidine rings is 1. The third kappa shape index (κ3) is 3.90. The average molecular weight is 357 g/mol. The van der Waals surface area contributed by atoms with Gasteiger partial charge in [0, 0.05) is 36.3 Å². The van der Waals surface area contributed by atoms with E-state index >= 15 is 0 Å². The Morgan fingerprint density at radius 1 is 1.07 bits per heavy atom. The Morgan fingerprint density at radius 2 is 1.93 bits per heavy atom. The Kier molecular flexibility index (Phi) is 4.97. The number of hydrogen-bond acceptors (Lipinski definition) is 3. The van der Waals surface area contributed by atoms with Crippen molar-refractivity contribution in [2.24, 2.45) is 0 Å². The van der Waals surface area contributed by atoms with Gasteiger partial charge in [0.15, 0.2) is 0 Å². The Hall–Kier alpha value is -3.01. The van der Waals surface area contributed by atoms with Gasteiger partial charge < -0.3 is 4.90 Å². The maximum atomic E-state index is 12.8. The number of nitrogens with zero attached hydrogens (tertiary/aromatic N) is 3. The number of amides is 1. The molecule has 27 heavy (non-hydrogen) atoms. The van der Waals surface area contributed by atoms with Gasteiger partial charge >= 0.3 is 0 Å². The number of rotatable bonds is 3. The normalized spacial score (nSPS) is 16.9. The summed E-state index contributed by atoms with van der Waals surface area (Å²) in [5.41, 5.74) is 4.90. The molecule has 0 spiro atoms. The number of carbonyl (C=O) groups excluding carboxylic acids is 1. The largest absolute Gasteiger partial charge is 0.338 e. The maximum absolute atomic E-state index is 12.8. The van der Waals surface area contributed by atoms with Crippen molar-refractivity contribution >= 4 is 5.91 Å². The van der Waals surface area contributed by atoms with Crippen LogP contribution in [0.25, 0.3) is 11.3 Å². The molecule has 2 heterocycles. The summed E-state index contributed by atoms with van der Waals surface area (Å²) in [5.74, 6) is 0.326. The van der Waals surface area contributed by atoms with E-state index < -0.39 is 0 Å². The second-order valence-electron chi connectivity index (χ2n) is 7.16. The first-order chi connectivity index (χ1) is 13.2. The van der Waals surface area contributed by atoms with E-state index in [1.165, 1.54) is 5.56 Å². The van der Waals surface area contributed by atoms with Crippen molar-refractivity contribution in [1.82, 2.24) is 14.9 Å². The molecule has 0 bridgehead atoms. The Bertz CT molecular complexity index is 939. The van der Waals surface area contributed by atoms with E-state index in [1.54, 1.807) is 0 Å². The summed E-state index contributed by atoms with van der Waals surface area (Å²) in [6.45, 7) is 3.57. The summed E-state index contributed by atoms with van der Waals surface area (Å²) in [4.78, 5) is 24.0. The van der Waals surface area contributed by atoms with Crippen LogP contribution < -0.4 is 0 Å². The summed E-state index contributed by atoms with van der Waals surface area (Å²) in [5, 5.41) is 0. The van der Waals surface area contributed by atoms with Gasteiger partial charge in [0.1, 0.15) is 0 Å². The van der Waals surface area contributed by atoms with Gasteiger partial charge in [0.05, 0.1) is 17.6 Å². The quantitative estimate of drug-likeness (QED) is 0.695. The van der Waals surface area contributed by atoms with E-state index in [1.807, 2.05) is 53.7 Å². The van der Waals surface area contributed by atoms with Gasteiger partial charge in [-0.3, -0.25) is 9.78 Å². The molecule has 1 saturated heterocycles. The number of aromatic nitrogens is 2. The topological polar surface area (TPSA) is 46.1 Å². The molecule has 0 N–H and O–H groups in total. The molecule has 0 aliphatic carbocycles. The molecule has 0 saturated carbocycles. The highest BCUT2D eigenvalue weighted by atomic mass is 16.2. The van der Waals surface area contributed by atoms with Crippen LogP contribution in [0, 0.1) is 6.92 Å². The van der Waals surface area contributed by atoms with Crippen LogP contribution in [0.3, 0.4) is 0 Å². The van der Waals surface area contributed by atoms with E-state index in [9.17, 15) is 4.79 Å². The first kappa shape index (κ1) is 17.4. The summed E-state index contributed by atoms with van der Waals surface area (Å²) in [6, 6.07) is 17.8. The van der Waals surface area contributed by atoms with Crippen molar-refractivity contribution in [3.8, 4) is 11.3 Å². The van der Waals surface area contributed by atoms with Gasteiger partial charge in [0.2, 0.25) is 0 Å². The van der Waals surface area contributed by atoms with E-state index in [0.29, 0.717) is 6.54 Å². The second kappa shape index (κ2) is 7.70. The molecule has 2 aromatic carbocycles. The minimum Gasteiger partial charge on any atom is -0.338 e. The highest BCUT2D eigenvalue weighted by Crippen LogP contribution is 2.28. The zero-order chi connectivity index (χ0) is 18.6. The number of carbonyl (C=O) groups is 1. The maximum Gasteiger partial charge on any atom is 0.253 e. The zero-order valence-electron chi connectivity index (χ0n) is 15.5. The third-order valence-electron chi connectivity index (χ3n) is 5.11. The molecule has 1 fully saturated rings. The van der Waals surface area contributed by atoms with Crippen LogP contribution in [-0.4, -0.2) is 33.9 Å². The third-order valence-corrected chi connectivity index (χ3v) is 5.11. The van der Waals surface area contributed by atoms with Crippen LogP contribution in [-0.2, 0) is 0 Å². The fourth-order valence-corrected chi connectivity index (χ4v) is 3.69. The number of hydrogen-bond donors (Lipinski definition) is 0. The predicted molar refractivity (Wildman–Crippen MR) is 107 cm³/mol. The first-order valence-corrected chi connectivity index (χ1v) is 9.44. The van der Waals surface area contributed by atoms with Crippen molar-refractivity contribution in [2.45, 2.75) is 25.7 Å². The van der Waals surface area contributed by atoms with E-state index in [0.717, 1.165) is 41.9 Å². The molecule has 4 heteroatoms.